The lowest BCUT2D eigenvalue weighted by Crippen LogP contribution is -2.65. The van der Waals surface area contributed by atoms with E-state index in [1.54, 1.807) is 0 Å². The van der Waals surface area contributed by atoms with E-state index in [1.807, 2.05) is 0 Å². The van der Waals surface area contributed by atoms with Crippen molar-refractivity contribution >= 4 is 13.3 Å². The van der Waals surface area contributed by atoms with Crippen molar-refractivity contribution < 1.29 is 25.1 Å². The van der Waals surface area contributed by atoms with Crippen LogP contribution >= 0.6 is 7.37 Å². The standard InChI is InChI=1S/C5H12NO4P/c1-11(9,10)3-2-4(6)5(7)8/h4H,2-3,6H2,1H3,(H,7,8)(H,9,10)/p+1/t4-/m0/s1. The maximum absolute atomic E-state index is 10.7. The average Bonchev–Trinajstić information content (AvgIpc) is 1.80. The van der Waals surface area contributed by atoms with Crippen LogP contribution in [0.25, 0.3) is 0 Å². The van der Waals surface area contributed by atoms with E-state index in [4.69, 9.17) is 10.00 Å². The maximum atomic E-state index is 10.7. The third-order valence-electron chi connectivity index (χ3n) is 1.24. The largest absolute Gasteiger partial charge is 0.477 e. The van der Waals surface area contributed by atoms with Gasteiger partial charge in [-0.05, 0) is 0 Å². The molecular weight excluding hydrogens is 169 g/mol. The van der Waals surface area contributed by atoms with Crippen molar-refractivity contribution in [2.75, 3.05) is 12.8 Å². The third kappa shape index (κ3) is 6.04. The molecule has 5 N–H and O–H groups in total. The van der Waals surface area contributed by atoms with Crippen LogP contribution in [0.2, 0.25) is 0 Å². The fourth-order valence-electron chi connectivity index (χ4n) is 0.519. The first-order chi connectivity index (χ1) is 4.83. The number of hydrogen-bond acceptors (Lipinski definition) is 2. The summed E-state index contributed by atoms with van der Waals surface area (Å²) in [4.78, 5) is 19.0. The van der Waals surface area contributed by atoms with E-state index in [-0.39, 0.29) is 12.6 Å². The van der Waals surface area contributed by atoms with E-state index in [0.717, 1.165) is 0 Å². The van der Waals surface area contributed by atoms with Crippen LogP contribution in [0.15, 0.2) is 0 Å². The molecule has 1 unspecified atom stereocenters. The Balaban J connectivity index is 3.72. The lowest BCUT2D eigenvalue weighted by atomic mass is 10.2. The predicted octanol–water partition coefficient (Wildman–Crippen LogP) is -1.03. The SMILES string of the molecule is CP(=O)(O)CC[C@H]([NH3+])C(=O)O. The molecule has 0 amide bonds. The Bertz CT molecular complexity index is 187. The highest BCUT2D eigenvalue weighted by atomic mass is 31.2. The first-order valence-electron chi connectivity index (χ1n) is 3.18. The second-order valence-electron chi connectivity index (χ2n) is 2.60. The van der Waals surface area contributed by atoms with Crippen LogP contribution in [-0.4, -0.2) is 34.8 Å². The van der Waals surface area contributed by atoms with Crippen molar-refractivity contribution in [3.63, 3.8) is 0 Å². The zero-order chi connectivity index (χ0) is 9.07. The monoisotopic (exact) mass is 182 g/mol. The van der Waals surface area contributed by atoms with Crippen molar-refractivity contribution in [2.24, 2.45) is 0 Å². The second kappa shape index (κ2) is 3.85. The molecule has 0 bridgehead atoms. The molecule has 6 heteroatoms. The van der Waals surface area contributed by atoms with Gasteiger partial charge in [-0.1, -0.05) is 0 Å². The molecule has 0 aliphatic carbocycles. The van der Waals surface area contributed by atoms with Gasteiger partial charge < -0.3 is 15.7 Å². The Morgan fingerprint density at radius 2 is 2.18 bits per heavy atom. The molecule has 5 nitrogen and oxygen atoms in total. The summed E-state index contributed by atoms with van der Waals surface area (Å²) in [6.45, 7) is 1.21. The van der Waals surface area contributed by atoms with Gasteiger partial charge in [0.2, 0.25) is 0 Å². The molecule has 0 heterocycles. The van der Waals surface area contributed by atoms with E-state index in [1.165, 1.54) is 6.66 Å². The molecule has 66 valence electrons. The number of quaternary nitrogens is 1. The molecule has 0 saturated heterocycles. The van der Waals surface area contributed by atoms with Crippen molar-refractivity contribution in [2.45, 2.75) is 12.5 Å². The number of carbonyl (C=O) groups is 1. The number of rotatable bonds is 4. The minimum atomic E-state index is -3.06. The number of hydrogen-bond donors (Lipinski definition) is 3. The molecule has 11 heavy (non-hydrogen) atoms. The van der Waals surface area contributed by atoms with Gasteiger partial charge in [0.1, 0.15) is 0 Å². The molecule has 0 aromatic heterocycles. The third-order valence-corrected chi connectivity index (χ3v) is 2.33. The molecule has 0 saturated carbocycles. The van der Waals surface area contributed by atoms with Crippen LogP contribution in [0.1, 0.15) is 6.42 Å². The van der Waals surface area contributed by atoms with E-state index in [2.05, 4.69) is 5.73 Å². The summed E-state index contributed by atoms with van der Waals surface area (Å²) >= 11 is 0. The fourth-order valence-corrected chi connectivity index (χ4v) is 1.31. The van der Waals surface area contributed by atoms with E-state index in [9.17, 15) is 9.36 Å². The average molecular weight is 182 g/mol. The molecule has 0 aromatic rings. The Morgan fingerprint density at radius 3 is 2.45 bits per heavy atom. The smallest absolute Gasteiger partial charge is 0.362 e. The topological polar surface area (TPSA) is 102 Å². The zero-order valence-corrected chi connectivity index (χ0v) is 7.25. The van der Waals surface area contributed by atoms with Crippen LogP contribution in [0.5, 0.6) is 0 Å². The maximum Gasteiger partial charge on any atom is 0.362 e. The Kier molecular flexibility index (Phi) is 3.72. The predicted molar refractivity (Wildman–Crippen MR) is 39.5 cm³/mol. The number of carboxylic acid groups (broad SMARTS) is 1. The first-order valence-corrected chi connectivity index (χ1v) is 5.47. The molecule has 0 aliphatic heterocycles. The summed E-state index contributed by atoms with van der Waals surface area (Å²) in [6.07, 6.45) is 0.174. The summed E-state index contributed by atoms with van der Waals surface area (Å²) in [5.74, 6) is -1.03. The summed E-state index contributed by atoms with van der Waals surface area (Å²) in [5, 5.41) is 8.35. The summed E-state index contributed by atoms with van der Waals surface area (Å²) in [5.41, 5.74) is 3.31. The van der Waals surface area contributed by atoms with Gasteiger partial charge in [0.05, 0.1) is 0 Å². The highest BCUT2D eigenvalue weighted by Crippen LogP contribution is 2.35. The van der Waals surface area contributed by atoms with Gasteiger partial charge in [-0.25, -0.2) is 4.79 Å². The summed E-state index contributed by atoms with van der Waals surface area (Å²) in [6, 6.07) is -0.782. The van der Waals surface area contributed by atoms with Gasteiger partial charge in [0.25, 0.3) is 0 Å². The van der Waals surface area contributed by atoms with Gasteiger partial charge in [-0.15, -0.1) is 0 Å². The van der Waals surface area contributed by atoms with Crippen molar-refractivity contribution in [1.29, 1.82) is 0 Å². The van der Waals surface area contributed by atoms with Crippen molar-refractivity contribution in [3.05, 3.63) is 0 Å². The molecule has 0 fully saturated rings. The lowest BCUT2D eigenvalue weighted by Gasteiger charge is -2.05. The quantitative estimate of drug-likeness (QED) is 0.484. The minimum Gasteiger partial charge on any atom is -0.477 e. The normalized spacial score (nSPS) is 18.8. The zero-order valence-electron chi connectivity index (χ0n) is 6.36. The molecule has 0 aliphatic rings. The van der Waals surface area contributed by atoms with Gasteiger partial charge in [0, 0.05) is 19.2 Å². The first kappa shape index (κ1) is 10.6. The Hall–Kier alpha value is -0.380. The van der Waals surface area contributed by atoms with Crippen molar-refractivity contribution in [3.8, 4) is 0 Å². The molecule has 2 atom stereocenters. The Labute approximate surface area is 64.7 Å². The Morgan fingerprint density at radius 1 is 1.73 bits per heavy atom. The molecule has 0 rings (SSSR count). The van der Waals surface area contributed by atoms with E-state index < -0.39 is 19.4 Å². The van der Waals surface area contributed by atoms with E-state index >= 15 is 0 Å². The molecule has 0 spiro atoms. The van der Waals surface area contributed by atoms with Crippen LogP contribution in [0.4, 0.5) is 0 Å². The van der Waals surface area contributed by atoms with Gasteiger partial charge in [0.15, 0.2) is 13.4 Å². The number of carboxylic acids is 1. The van der Waals surface area contributed by atoms with E-state index in [0.29, 0.717) is 0 Å². The second-order valence-corrected chi connectivity index (χ2v) is 5.15. The lowest BCUT2D eigenvalue weighted by molar-refractivity contribution is -0.407. The van der Waals surface area contributed by atoms with Crippen LogP contribution in [-0.2, 0) is 9.36 Å². The van der Waals surface area contributed by atoms with Crippen molar-refractivity contribution in [1.82, 2.24) is 0 Å². The minimum absolute atomic E-state index is 0.0213. The van der Waals surface area contributed by atoms with Crippen LogP contribution in [0, 0.1) is 0 Å². The van der Waals surface area contributed by atoms with Gasteiger partial charge >= 0.3 is 5.97 Å². The van der Waals surface area contributed by atoms with Gasteiger partial charge in [-0.3, -0.25) is 4.57 Å². The molecular formula is C5H13NO4P+. The molecule has 0 radical (unpaired) electrons. The summed E-state index contributed by atoms with van der Waals surface area (Å²) < 4.78 is 10.7. The highest BCUT2D eigenvalue weighted by molar-refractivity contribution is 7.57. The van der Waals surface area contributed by atoms with Gasteiger partial charge in [-0.2, -0.15) is 0 Å². The highest BCUT2D eigenvalue weighted by Gasteiger charge is 2.19. The van der Waals surface area contributed by atoms with Crippen LogP contribution in [0.3, 0.4) is 0 Å². The van der Waals surface area contributed by atoms with Crippen LogP contribution < -0.4 is 5.73 Å². The fraction of sp³-hybridized carbons (Fsp3) is 0.800. The molecule has 0 aromatic carbocycles. The summed E-state index contributed by atoms with van der Waals surface area (Å²) in [7, 11) is -3.06. The number of aliphatic carboxylic acids is 1.